The first kappa shape index (κ1) is 12.8. The van der Waals surface area contributed by atoms with Gasteiger partial charge in [-0.3, -0.25) is 0 Å². The van der Waals surface area contributed by atoms with Crippen molar-refractivity contribution in [2.75, 3.05) is 11.9 Å². The highest BCUT2D eigenvalue weighted by Gasteiger charge is 2.13. The minimum atomic E-state index is -0.919. The molecule has 5 heteroatoms. The molecule has 0 radical (unpaired) electrons. The van der Waals surface area contributed by atoms with Crippen molar-refractivity contribution in [3.05, 3.63) is 29.3 Å². The van der Waals surface area contributed by atoms with Crippen LogP contribution in [0.2, 0.25) is 5.02 Å². The van der Waals surface area contributed by atoms with Gasteiger partial charge >= 0.3 is 6.03 Å². The fraction of sp³-hybridized carbons (Fsp3) is 0.364. The number of anilines is 1. The summed E-state index contributed by atoms with van der Waals surface area (Å²) in [5.41, 5.74) is -0.269. The summed E-state index contributed by atoms with van der Waals surface area (Å²) in [6.07, 6.45) is 0. The Morgan fingerprint density at radius 1 is 1.38 bits per heavy atom. The number of nitrogens with one attached hydrogen (secondary N) is 2. The predicted octanol–water partition coefficient (Wildman–Crippen LogP) is 2.23. The summed E-state index contributed by atoms with van der Waals surface area (Å²) in [6.45, 7) is 3.43. The SMILES string of the molecule is CC(C)(O)CNC(=O)Nc1ccc(Cl)cc1. The van der Waals surface area contributed by atoms with Crippen molar-refractivity contribution < 1.29 is 9.90 Å². The topological polar surface area (TPSA) is 61.4 Å². The second-order valence-corrected chi connectivity index (χ2v) is 4.56. The van der Waals surface area contributed by atoms with E-state index < -0.39 is 5.60 Å². The number of urea groups is 1. The Morgan fingerprint density at radius 3 is 2.44 bits per heavy atom. The molecule has 0 atom stereocenters. The molecule has 0 aliphatic rings. The molecular formula is C11H15ClN2O2. The van der Waals surface area contributed by atoms with E-state index in [-0.39, 0.29) is 12.6 Å². The lowest BCUT2D eigenvalue weighted by Gasteiger charge is -2.17. The molecule has 0 aromatic heterocycles. The van der Waals surface area contributed by atoms with E-state index in [1.165, 1.54) is 0 Å². The van der Waals surface area contributed by atoms with Crippen molar-refractivity contribution in [2.24, 2.45) is 0 Å². The van der Waals surface area contributed by atoms with Gasteiger partial charge in [-0.25, -0.2) is 4.79 Å². The van der Waals surface area contributed by atoms with E-state index >= 15 is 0 Å². The Labute approximate surface area is 99.6 Å². The zero-order valence-corrected chi connectivity index (χ0v) is 10.0. The number of benzene rings is 1. The second-order valence-electron chi connectivity index (χ2n) is 4.13. The summed E-state index contributed by atoms with van der Waals surface area (Å²) in [5.74, 6) is 0. The fourth-order valence-electron chi connectivity index (χ4n) is 1.01. The molecule has 0 aliphatic heterocycles. The predicted molar refractivity (Wildman–Crippen MR) is 64.8 cm³/mol. The van der Waals surface area contributed by atoms with Gasteiger partial charge < -0.3 is 15.7 Å². The number of carbonyl (C=O) groups is 1. The third kappa shape index (κ3) is 5.00. The van der Waals surface area contributed by atoms with Crippen LogP contribution in [0.3, 0.4) is 0 Å². The maximum atomic E-state index is 11.4. The van der Waals surface area contributed by atoms with Crippen LogP contribution >= 0.6 is 11.6 Å². The van der Waals surface area contributed by atoms with Crippen molar-refractivity contribution >= 4 is 23.3 Å². The summed E-state index contributed by atoms with van der Waals surface area (Å²) >= 11 is 5.71. The third-order valence-corrected chi connectivity index (χ3v) is 2.04. The Kier molecular flexibility index (Phi) is 4.15. The molecule has 2 amide bonds. The van der Waals surface area contributed by atoms with Gasteiger partial charge in [-0.2, -0.15) is 0 Å². The molecule has 0 saturated heterocycles. The number of rotatable bonds is 3. The van der Waals surface area contributed by atoms with Gasteiger partial charge in [-0.05, 0) is 38.1 Å². The lowest BCUT2D eigenvalue weighted by Crippen LogP contribution is -2.40. The van der Waals surface area contributed by atoms with Crippen LogP contribution in [0.1, 0.15) is 13.8 Å². The Morgan fingerprint density at radius 2 is 1.94 bits per heavy atom. The smallest absolute Gasteiger partial charge is 0.319 e. The fourth-order valence-corrected chi connectivity index (χ4v) is 1.13. The second kappa shape index (κ2) is 5.18. The minimum absolute atomic E-state index is 0.187. The van der Waals surface area contributed by atoms with Crippen molar-refractivity contribution in [1.82, 2.24) is 5.32 Å². The van der Waals surface area contributed by atoms with Gasteiger partial charge in [0.05, 0.1) is 5.60 Å². The van der Waals surface area contributed by atoms with Crippen LogP contribution in [0.5, 0.6) is 0 Å². The van der Waals surface area contributed by atoms with Crippen molar-refractivity contribution in [2.45, 2.75) is 19.4 Å². The quantitative estimate of drug-likeness (QED) is 0.761. The number of hydrogen-bond donors (Lipinski definition) is 3. The summed E-state index contributed by atoms with van der Waals surface area (Å²) < 4.78 is 0. The normalized spacial score (nSPS) is 11.0. The van der Waals surface area contributed by atoms with Crippen LogP contribution in [0.4, 0.5) is 10.5 Å². The zero-order valence-electron chi connectivity index (χ0n) is 9.25. The number of aliphatic hydroxyl groups is 1. The standard InChI is InChI=1S/C11H15ClN2O2/c1-11(2,16)7-13-10(15)14-9-5-3-8(12)4-6-9/h3-6,16H,7H2,1-2H3,(H2,13,14,15). The van der Waals surface area contributed by atoms with E-state index in [2.05, 4.69) is 10.6 Å². The molecule has 1 aromatic carbocycles. The summed E-state index contributed by atoms with van der Waals surface area (Å²) in [7, 11) is 0. The molecule has 0 heterocycles. The summed E-state index contributed by atoms with van der Waals surface area (Å²) in [5, 5.41) is 15.2. The summed E-state index contributed by atoms with van der Waals surface area (Å²) in [4.78, 5) is 11.4. The number of carbonyl (C=O) groups excluding carboxylic acids is 1. The number of hydrogen-bond acceptors (Lipinski definition) is 2. The monoisotopic (exact) mass is 242 g/mol. The van der Waals surface area contributed by atoms with Crippen molar-refractivity contribution in [1.29, 1.82) is 0 Å². The van der Waals surface area contributed by atoms with E-state index in [1.807, 2.05) is 0 Å². The Hall–Kier alpha value is -1.26. The summed E-state index contributed by atoms with van der Waals surface area (Å²) in [6, 6.07) is 6.42. The van der Waals surface area contributed by atoms with Crippen LogP contribution in [0.25, 0.3) is 0 Å². The highest BCUT2D eigenvalue weighted by molar-refractivity contribution is 6.30. The molecule has 0 unspecified atom stereocenters. The average molecular weight is 243 g/mol. The molecule has 16 heavy (non-hydrogen) atoms. The van der Waals surface area contributed by atoms with E-state index in [1.54, 1.807) is 38.1 Å². The molecule has 0 spiro atoms. The van der Waals surface area contributed by atoms with Crippen molar-refractivity contribution in [3.63, 3.8) is 0 Å². The van der Waals surface area contributed by atoms with Crippen LogP contribution in [0.15, 0.2) is 24.3 Å². The molecule has 0 bridgehead atoms. The average Bonchev–Trinajstić information content (AvgIpc) is 2.18. The van der Waals surface area contributed by atoms with Gasteiger partial charge in [0.2, 0.25) is 0 Å². The highest BCUT2D eigenvalue weighted by Crippen LogP contribution is 2.13. The molecule has 1 rings (SSSR count). The first-order valence-corrected chi connectivity index (χ1v) is 5.27. The van der Waals surface area contributed by atoms with Gasteiger partial charge in [0.25, 0.3) is 0 Å². The van der Waals surface area contributed by atoms with Gasteiger partial charge in [0, 0.05) is 17.3 Å². The lowest BCUT2D eigenvalue weighted by molar-refractivity contribution is 0.0826. The maximum Gasteiger partial charge on any atom is 0.319 e. The van der Waals surface area contributed by atoms with E-state index in [9.17, 15) is 9.90 Å². The van der Waals surface area contributed by atoms with Crippen molar-refractivity contribution in [3.8, 4) is 0 Å². The maximum absolute atomic E-state index is 11.4. The minimum Gasteiger partial charge on any atom is -0.389 e. The van der Waals surface area contributed by atoms with Crippen LogP contribution in [-0.4, -0.2) is 23.3 Å². The highest BCUT2D eigenvalue weighted by atomic mass is 35.5. The number of halogens is 1. The van der Waals surface area contributed by atoms with Gasteiger partial charge in [0.1, 0.15) is 0 Å². The van der Waals surface area contributed by atoms with Crippen LogP contribution in [-0.2, 0) is 0 Å². The Balaban J connectivity index is 2.43. The molecule has 4 nitrogen and oxygen atoms in total. The lowest BCUT2D eigenvalue weighted by atomic mass is 10.1. The van der Waals surface area contributed by atoms with Crippen LogP contribution < -0.4 is 10.6 Å². The van der Waals surface area contributed by atoms with E-state index in [0.29, 0.717) is 10.7 Å². The largest absolute Gasteiger partial charge is 0.389 e. The number of amides is 2. The first-order chi connectivity index (χ1) is 7.37. The molecule has 0 saturated carbocycles. The van der Waals surface area contributed by atoms with Crippen LogP contribution in [0, 0.1) is 0 Å². The molecule has 0 fully saturated rings. The molecular weight excluding hydrogens is 228 g/mol. The molecule has 1 aromatic rings. The van der Waals surface area contributed by atoms with Gasteiger partial charge in [-0.1, -0.05) is 11.6 Å². The first-order valence-electron chi connectivity index (χ1n) is 4.90. The third-order valence-electron chi connectivity index (χ3n) is 1.78. The van der Waals surface area contributed by atoms with Gasteiger partial charge in [-0.15, -0.1) is 0 Å². The van der Waals surface area contributed by atoms with Gasteiger partial charge in [0.15, 0.2) is 0 Å². The zero-order chi connectivity index (χ0) is 12.2. The molecule has 88 valence electrons. The molecule has 0 aliphatic carbocycles. The Bertz CT molecular complexity index is 357. The van der Waals surface area contributed by atoms with E-state index in [4.69, 9.17) is 11.6 Å². The van der Waals surface area contributed by atoms with E-state index in [0.717, 1.165) is 0 Å². The molecule has 3 N–H and O–H groups in total.